The number of hydrogen-bond donors (Lipinski definition) is 1. The number of hydrogen-bond acceptors (Lipinski definition) is 6. The average Bonchev–Trinajstić information content (AvgIpc) is 2.65. The molecule has 0 radical (unpaired) electrons. The fourth-order valence-corrected chi connectivity index (χ4v) is 1.58. The second-order valence-corrected chi connectivity index (χ2v) is 3.72. The topological polar surface area (TPSA) is 94.1 Å². The predicted molar refractivity (Wildman–Crippen MR) is 64.2 cm³/mol. The quantitative estimate of drug-likeness (QED) is 0.658. The maximum atomic E-state index is 10.8. The molecular weight excluding hydrogens is 236 g/mol. The summed E-state index contributed by atoms with van der Waals surface area (Å²) >= 11 is 0. The minimum absolute atomic E-state index is 0.0635. The molecule has 0 bridgehead atoms. The first-order valence-corrected chi connectivity index (χ1v) is 5.34. The normalized spacial score (nSPS) is 10.3. The number of rotatable bonds is 4. The number of oxazole rings is 1. The number of pyridine rings is 1. The standard InChI is InChI=1S/C11H12N4O3/c1-7-10(18-8(2)14-7)6-13-11-9(15(16)17)4-3-5-12-11/h3-5H,6H2,1-2H3,(H,12,13). The Morgan fingerprint density at radius 2 is 2.28 bits per heavy atom. The molecule has 2 aromatic heterocycles. The zero-order valence-corrected chi connectivity index (χ0v) is 10.0. The summed E-state index contributed by atoms with van der Waals surface area (Å²) in [5.74, 6) is 1.43. The van der Waals surface area contributed by atoms with Gasteiger partial charge in [0.2, 0.25) is 5.82 Å². The molecule has 0 aliphatic heterocycles. The Labute approximate surface area is 103 Å². The molecule has 0 aliphatic carbocycles. The molecule has 0 saturated heterocycles. The molecule has 1 N–H and O–H groups in total. The van der Waals surface area contributed by atoms with E-state index in [-0.39, 0.29) is 11.5 Å². The first kappa shape index (κ1) is 12.0. The van der Waals surface area contributed by atoms with Crippen LogP contribution in [-0.2, 0) is 6.54 Å². The Morgan fingerprint density at radius 3 is 2.89 bits per heavy atom. The third kappa shape index (κ3) is 2.45. The van der Waals surface area contributed by atoms with Gasteiger partial charge in [-0.1, -0.05) is 0 Å². The van der Waals surface area contributed by atoms with Crippen LogP contribution in [0.25, 0.3) is 0 Å². The van der Waals surface area contributed by atoms with Gasteiger partial charge in [0.25, 0.3) is 0 Å². The summed E-state index contributed by atoms with van der Waals surface area (Å²) in [4.78, 5) is 18.4. The Kier molecular flexibility index (Phi) is 3.22. The van der Waals surface area contributed by atoms with Crippen LogP contribution in [0.4, 0.5) is 11.5 Å². The average molecular weight is 248 g/mol. The van der Waals surface area contributed by atoms with Gasteiger partial charge in [0.1, 0.15) is 5.76 Å². The highest BCUT2D eigenvalue weighted by molar-refractivity contribution is 5.55. The summed E-state index contributed by atoms with van der Waals surface area (Å²) in [7, 11) is 0. The molecule has 2 rings (SSSR count). The van der Waals surface area contributed by atoms with Crippen LogP contribution in [0.2, 0.25) is 0 Å². The lowest BCUT2D eigenvalue weighted by atomic mass is 10.3. The predicted octanol–water partition coefficient (Wildman–Crippen LogP) is 2.21. The van der Waals surface area contributed by atoms with Crippen molar-refractivity contribution in [2.24, 2.45) is 0 Å². The first-order chi connectivity index (χ1) is 8.58. The van der Waals surface area contributed by atoms with Crippen LogP contribution in [0.5, 0.6) is 0 Å². The van der Waals surface area contributed by atoms with Crippen LogP contribution in [-0.4, -0.2) is 14.9 Å². The maximum absolute atomic E-state index is 10.8. The second-order valence-electron chi connectivity index (χ2n) is 3.72. The number of nitrogens with zero attached hydrogens (tertiary/aromatic N) is 3. The largest absolute Gasteiger partial charge is 0.444 e. The van der Waals surface area contributed by atoms with Crippen molar-refractivity contribution in [3.05, 3.63) is 45.8 Å². The van der Waals surface area contributed by atoms with E-state index in [2.05, 4.69) is 15.3 Å². The van der Waals surface area contributed by atoms with E-state index < -0.39 is 4.92 Å². The summed E-state index contributed by atoms with van der Waals surface area (Å²) in [6.07, 6.45) is 1.49. The molecule has 0 amide bonds. The molecule has 0 aromatic carbocycles. The molecule has 2 aromatic rings. The summed E-state index contributed by atoms with van der Waals surface area (Å²) in [5, 5.41) is 13.7. The zero-order valence-electron chi connectivity index (χ0n) is 10.0. The molecular formula is C11H12N4O3. The number of aromatic nitrogens is 2. The molecule has 7 heteroatoms. The highest BCUT2D eigenvalue weighted by Crippen LogP contribution is 2.21. The lowest BCUT2D eigenvalue weighted by molar-refractivity contribution is -0.384. The van der Waals surface area contributed by atoms with Gasteiger partial charge in [-0.15, -0.1) is 0 Å². The van der Waals surface area contributed by atoms with Crippen LogP contribution in [0, 0.1) is 24.0 Å². The molecule has 0 aliphatic rings. The van der Waals surface area contributed by atoms with Crippen molar-refractivity contribution < 1.29 is 9.34 Å². The number of nitrogens with one attached hydrogen (secondary N) is 1. The fraction of sp³-hybridized carbons (Fsp3) is 0.273. The van der Waals surface area contributed by atoms with Crippen molar-refractivity contribution >= 4 is 11.5 Å². The van der Waals surface area contributed by atoms with Crippen molar-refractivity contribution in [1.82, 2.24) is 9.97 Å². The molecule has 0 spiro atoms. The SMILES string of the molecule is Cc1nc(C)c(CNc2ncccc2[N+](=O)[O-])o1. The summed E-state index contributed by atoms with van der Waals surface area (Å²) in [6.45, 7) is 3.88. The summed E-state index contributed by atoms with van der Waals surface area (Å²) in [5.41, 5.74) is 0.699. The van der Waals surface area contributed by atoms with Crippen LogP contribution >= 0.6 is 0 Å². The van der Waals surface area contributed by atoms with Crippen molar-refractivity contribution in [2.45, 2.75) is 20.4 Å². The number of nitro groups is 1. The summed E-state index contributed by atoms with van der Waals surface area (Å²) in [6, 6.07) is 2.92. The molecule has 2 heterocycles. The van der Waals surface area contributed by atoms with E-state index in [1.165, 1.54) is 18.3 Å². The van der Waals surface area contributed by atoms with E-state index in [9.17, 15) is 10.1 Å². The number of anilines is 1. The van der Waals surface area contributed by atoms with Gasteiger partial charge in [-0.2, -0.15) is 0 Å². The molecule has 7 nitrogen and oxygen atoms in total. The minimum atomic E-state index is -0.478. The zero-order chi connectivity index (χ0) is 13.1. The van der Waals surface area contributed by atoms with Gasteiger partial charge >= 0.3 is 5.69 Å². The van der Waals surface area contributed by atoms with Gasteiger partial charge in [0.05, 0.1) is 17.2 Å². The lowest BCUT2D eigenvalue weighted by Crippen LogP contribution is -2.04. The Morgan fingerprint density at radius 1 is 1.50 bits per heavy atom. The first-order valence-electron chi connectivity index (χ1n) is 5.34. The van der Waals surface area contributed by atoms with Gasteiger partial charge in [0.15, 0.2) is 5.89 Å². The maximum Gasteiger partial charge on any atom is 0.311 e. The van der Waals surface area contributed by atoms with Gasteiger partial charge in [0, 0.05) is 19.2 Å². The fourth-order valence-electron chi connectivity index (χ4n) is 1.58. The van der Waals surface area contributed by atoms with E-state index in [1.54, 1.807) is 6.92 Å². The van der Waals surface area contributed by atoms with Crippen molar-refractivity contribution in [2.75, 3.05) is 5.32 Å². The van der Waals surface area contributed by atoms with Gasteiger partial charge < -0.3 is 9.73 Å². The highest BCUT2D eigenvalue weighted by atomic mass is 16.6. The molecule has 0 atom stereocenters. The van der Waals surface area contributed by atoms with Crippen molar-refractivity contribution in [3.8, 4) is 0 Å². The third-order valence-corrected chi connectivity index (χ3v) is 2.40. The van der Waals surface area contributed by atoms with Crippen molar-refractivity contribution in [3.63, 3.8) is 0 Å². The smallest absolute Gasteiger partial charge is 0.311 e. The van der Waals surface area contributed by atoms with Crippen LogP contribution in [0.1, 0.15) is 17.3 Å². The van der Waals surface area contributed by atoms with Gasteiger partial charge in [-0.3, -0.25) is 10.1 Å². The third-order valence-electron chi connectivity index (χ3n) is 2.40. The van der Waals surface area contributed by atoms with E-state index in [0.717, 1.165) is 5.69 Å². The Bertz CT molecular complexity index is 579. The minimum Gasteiger partial charge on any atom is -0.444 e. The van der Waals surface area contributed by atoms with Crippen LogP contribution < -0.4 is 5.32 Å². The Hall–Kier alpha value is -2.44. The highest BCUT2D eigenvalue weighted by Gasteiger charge is 2.15. The molecule has 0 fully saturated rings. The lowest BCUT2D eigenvalue weighted by Gasteiger charge is -2.03. The second kappa shape index (κ2) is 4.82. The Balaban J connectivity index is 2.15. The van der Waals surface area contributed by atoms with Gasteiger partial charge in [-0.25, -0.2) is 9.97 Å². The van der Waals surface area contributed by atoms with E-state index >= 15 is 0 Å². The van der Waals surface area contributed by atoms with Gasteiger partial charge in [-0.05, 0) is 13.0 Å². The van der Waals surface area contributed by atoms with Crippen LogP contribution in [0.3, 0.4) is 0 Å². The molecule has 0 unspecified atom stereocenters. The summed E-state index contributed by atoms with van der Waals surface area (Å²) < 4.78 is 5.37. The molecule has 0 saturated carbocycles. The van der Waals surface area contributed by atoms with Crippen LogP contribution in [0.15, 0.2) is 22.7 Å². The van der Waals surface area contributed by atoms with E-state index in [1.807, 2.05) is 6.92 Å². The van der Waals surface area contributed by atoms with E-state index in [0.29, 0.717) is 18.2 Å². The molecule has 18 heavy (non-hydrogen) atoms. The molecule has 94 valence electrons. The monoisotopic (exact) mass is 248 g/mol. The van der Waals surface area contributed by atoms with E-state index in [4.69, 9.17) is 4.42 Å². The van der Waals surface area contributed by atoms with Crippen molar-refractivity contribution in [1.29, 1.82) is 0 Å². The number of aryl methyl sites for hydroxylation is 2.